The molecule has 1 rings (SSSR count). The van der Waals surface area contributed by atoms with E-state index in [9.17, 15) is 4.79 Å². The number of hydrogen-bond donors (Lipinski definition) is 2. The van der Waals surface area contributed by atoms with Crippen molar-refractivity contribution < 1.29 is 14.6 Å². The van der Waals surface area contributed by atoms with Gasteiger partial charge in [0, 0.05) is 19.8 Å². The number of ether oxygens (including phenoxy) is 1. The third-order valence-electron chi connectivity index (χ3n) is 2.59. The molecule has 76 valence electrons. The Morgan fingerprint density at radius 3 is 2.62 bits per heavy atom. The van der Waals surface area contributed by atoms with E-state index in [1.165, 1.54) is 0 Å². The van der Waals surface area contributed by atoms with Gasteiger partial charge in [0.2, 0.25) is 0 Å². The van der Waals surface area contributed by atoms with Gasteiger partial charge in [-0.3, -0.25) is 4.79 Å². The van der Waals surface area contributed by atoms with Gasteiger partial charge in [0.25, 0.3) is 0 Å². The number of hydrogen-bond acceptors (Lipinski definition) is 3. The largest absolute Gasteiger partial charge is 0.481 e. The first-order chi connectivity index (χ1) is 6.24. The van der Waals surface area contributed by atoms with Crippen molar-refractivity contribution in [3.8, 4) is 0 Å². The first-order valence-corrected chi connectivity index (χ1v) is 4.74. The van der Waals surface area contributed by atoms with Gasteiger partial charge in [-0.05, 0) is 25.2 Å². The van der Waals surface area contributed by atoms with E-state index in [2.05, 4.69) is 0 Å². The van der Waals surface area contributed by atoms with Crippen LogP contribution in [0.25, 0.3) is 0 Å². The van der Waals surface area contributed by atoms with Crippen LogP contribution >= 0.6 is 0 Å². The lowest BCUT2D eigenvalue weighted by atomic mass is 9.89. The molecule has 1 aliphatic heterocycles. The standard InChI is InChI=1S/C9H17NO3/c10-6-8(9(11)12)5-7-1-3-13-4-2-7/h7-8H,1-6,10H2,(H,11,12). The van der Waals surface area contributed by atoms with Crippen molar-refractivity contribution in [3.05, 3.63) is 0 Å². The SMILES string of the molecule is NCC(CC1CCOCC1)C(=O)O. The summed E-state index contributed by atoms with van der Waals surface area (Å²) in [6.45, 7) is 1.77. The molecule has 1 unspecified atom stereocenters. The second-order valence-electron chi connectivity index (χ2n) is 3.56. The lowest BCUT2D eigenvalue weighted by molar-refractivity contribution is -0.142. The van der Waals surface area contributed by atoms with Crippen molar-refractivity contribution in [2.24, 2.45) is 17.6 Å². The fourth-order valence-corrected chi connectivity index (χ4v) is 1.68. The minimum atomic E-state index is -0.769. The third-order valence-corrected chi connectivity index (χ3v) is 2.59. The Balaban J connectivity index is 2.31. The topological polar surface area (TPSA) is 72.5 Å². The van der Waals surface area contributed by atoms with Gasteiger partial charge in [0.15, 0.2) is 0 Å². The number of carboxylic acids is 1. The zero-order valence-corrected chi connectivity index (χ0v) is 7.74. The highest BCUT2D eigenvalue weighted by atomic mass is 16.5. The van der Waals surface area contributed by atoms with Crippen LogP contribution in [0.4, 0.5) is 0 Å². The maximum atomic E-state index is 10.7. The Bertz CT molecular complexity index is 166. The molecule has 3 N–H and O–H groups in total. The van der Waals surface area contributed by atoms with Gasteiger partial charge in [-0.2, -0.15) is 0 Å². The second kappa shape index (κ2) is 5.19. The molecule has 4 nitrogen and oxygen atoms in total. The van der Waals surface area contributed by atoms with Crippen molar-refractivity contribution in [3.63, 3.8) is 0 Å². The van der Waals surface area contributed by atoms with E-state index in [0.29, 0.717) is 12.3 Å². The Morgan fingerprint density at radius 2 is 2.15 bits per heavy atom. The average molecular weight is 187 g/mol. The van der Waals surface area contributed by atoms with Crippen molar-refractivity contribution in [2.75, 3.05) is 19.8 Å². The van der Waals surface area contributed by atoms with E-state index in [0.717, 1.165) is 26.1 Å². The van der Waals surface area contributed by atoms with Crippen LogP contribution in [0, 0.1) is 11.8 Å². The first kappa shape index (κ1) is 10.5. The molecule has 0 aliphatic carbocycles. The molecule has 1 fully saturated rings. The normalized spacial score (nSPS) is 21.3. The van der Waals surface area contributed by atoms with E-state index in [-0.39, 0.29) is 12.5 Å². The predicted molar refractivity (Wildman–Crippen MR) is 48.3 cm³/mol. The molecule has 0 amide bonds. The van der Waals surface area contributed by atoms with Crippen molar-refractivity contribution in [2.45, 2.75) is 19.3 Å². The molecule has 0 aromatic carbocycles. The molecule has 1 aliphatic rings. The van der Waals surface area contributed by atoms with Crippen LogP contribution in [0.5, 0.6) is 0 Å². The van der Waals surface area contributed by atoms with Gasteiger partial charge in [-0.15, -0.1) is 0 Å². The molecule has 0 bridgehead atoms. The van der Waals surface area contributed by atoms with E-state index >= 15 is 0 Å². The van der Waals surface area contributed by atoms with Gasteiger partial charge >= 0.3 is 5.97 Å². The lowest BCUT2D eigenvalue weighted by Crippen LogP contribution is -2.28. The van der Waals surface area contributed by atoms with Gasteiger partial charge in [-0.25, -0.2) is 0 Å². The molecule has 0 spiro atoms. The monoisotopic (exact) mass is 187 g/mol. The lowest BCUT2D eigenvalue weighted by Gasteiger charge is -2.24. The highest BCUT2D eigenvalue weighted by Crippen LogP contribution is 2.22. The Kier molecular flexibility index (Phi) is 4.18. The van der Waals surface area contributed by atoms with E-state index in [1.807, 2.05) is 0 Å². The minimum Gasteiger partial charge on any atom is -0.481 e. The van der Waals surface area contributed by atoms with E-state index in [1.54, 1.807) is 0 Å². The third kappa shape index (κ3) is 3.32. The molecule has 4 heteroatoms. The molecular formula is C9H17NO3. The number of rotatable bonds is 4. The van der Waals surface area contributed by atoms with Crippen LogP contribution in [0.3, 0.4) is 0 Å². The maximum absolute atomic E-state index is 10.7. The zero-order valence-electron chi connectivity index (χ0n) is 7.74. The van der Waals surface area contributed by atoms with Crippen molar-refractivity contribution >= 4 is 5.97 Å². The molecule has 13 heavy (non-hydrogen) atoms. The summed E-state index contributed by atoms with van der Waals surface area (Å²) in [5, 5.41) is 8.79. The number of nitrogens with two attached hydrogens (primary N) is 1. The second-order valence-corrected chi connectivity index (χ2v) is 3.56. The smallest absolute Gasteiger partial charge is 0.307 e. The van der Waals surface area contributed by atoms with Crippen LogP contribution in [0.2, 0.25) is 0 Å². The highest BCUT2D eigenvalue weighted by Gasteiger charge is 2.22. The number of aliphatic carboxylic acids is 1. The summed E-state index contributed by atoms with van der Waals surface area (Å²) in [5.74, 6) is -0.657. The molecule has 1 heterocycles. The average Bonchev–Trinajstić information content (AvgIpc) is 2.15. The zero-order chi connectivity index (χ0) is 9.68. The van der Waals surface area contributed by atoms with Gasteiger partial charge in [0.05, 0.1) is 5.92 Å². The van der Waals surface area contributed by atoms with Crippen molar-refractivity contribution in [1.82, 2.24) is 0 Å². The number of carbonyl (C=O) groups is 1. The Hall–Kier alpha value is -0.610. The minimum absolute atomic E-state index is 0.243. The summed E-state index contributed by atoms with van der Waals surface area (Å²) in [6, 6.07) is 0. The van der Waals surface area contributed by atoms with Crippen LogP contribution in [-0.4, -0.2) is 30.8 Å². The van der Waals surface area contributed by atoms with Gasteiger partial charge < -0.3 is 15.6 Å². The van der Waals surface area contributed by atoms with Crippen LogP contribution in [-0.2, 0) is 9.53 Å². The van der Waals surface area contributed by atoms with E-state index < -0.39 is 5.97 Å². The molecular weight excluding hydrogens is 170 g/mol. The van der Waals surface area contributed by atoms with Crippen LogP contribution in [0.1, 0.15) is 19.3 Å². The molecule has 1 atom stereocenters. The Morgan fingerprint density at radius 1 is 1.54 bits per heavy atom. The highest BCUT2D eigenvalue weighted by molar-refractivity contribution is 5.70. The summed E-state index contributed by atoms with van der Waals surface area (Å²) in [5.41, 5.74) is 5.38. The fraction of sp³-hybridized carbons (Fsp3) is 0.889. The summed E-state index contributed by atoms with van der Waals surface area (Å²) in [6.07, 6.45) is 2.66. The number of carboxylic acid groups (broad SMARTS) is 1. The molecule has 0 aromatic heterocycles. The van der Waals surface area contributed by atoms with Crippen LogP contribution in [0.15, 0.2) is 0 Å². The maximum Gasteiger partial charge on any atom is 0.307 e. The van der Waals surface area contributed by atoms with Crippen LogP contribution < -0.4 is 5.73 Å². The summed E-state index contributed by atoms with van der Waals surface area (Å²) in [4.78, 5) is 10.7. The predicted octanol–water partition coefficient (Wildman–Crippen LogP) is 0.463. The molecule has 0 saturated carbocycles. The Labute approximate surface area is 78.1 Å². The molecule has 1 saturated heterocycles. The summed E-state index contributed by atoms with van der Waals surface area (Å²) >= 11 is 0. The fourth-order valence-electron chi connectivity index (χ4n) is 1.68. The summed E-state index contributed by atoms with van der Waals surface area (Å²) in [7, 11) is 0. The molecule has 0 radical (unpaired) electrons. The summed E-state index contributed by atoms with van der Waals surface area (Å²) < 4.78 is 5.20. The first-order valence-electron chi connectivity index (χ1n) is 4.74. The van der Waals surface area contributed by atoms with Gasteiger partial charge in [0.1, 0.15) is 0 Å². The van der Waals surface area contributed by atoms with Crippen molar-refractivity contribution in [1.29, 1.82) is 0 Å². The van der Waals surface area contributed by atoms with E-state index in [4.69, 9.17) is 15.6 Å². The quantitative estimate of drug-likeness (QED) is 0.670. The molecule has 0 aromatic rings. The van der Waals surface area contributed by atoms with Gasteiger partial charge in [-0.1, -0.05) is 0 Å².